The maximum Gasteiger partial charge on any atom is 0.308 e. The lowest BCUT2D eigenvalue weighted by atomic mass is 10.0. The number of ether oxygens (including phenoxy) is 1. The number of anilines is 2. The van der Waals surface area contributed by atoms with Crippen LogP contribution < -0.4 is 4.90 Å². The number of halogens is 1. The first-order valence-electron chi connectivity index (χ1n) is 10.7. The van der Waals surface area contributed by atoms with Crippen LogP contribution in [0, 0.1) is 22.3 Å². The number of benzene rings is 1. The van der Waals surface area contributed by atoms with Crippen molar-refractivity contribution in [1.82, 2.24) is 14.8 Å². The SMILES string of the molecule is CC#CC(=O)N(c1ccc2c(cnn2CC(C)(C)OC)n1)c1cc(C)c(I)cc1C1CC1. The van der Waals surface area contributed by atoms with Crippen molar-refractivity contribution in [3.05, 3.63) is 45.2 Å². The molecule has 1 aliphatic rings. The van der Waals surface area contributed by atoms with Crippen LogP contribution in [0.3, 0.4) is 0 Å². The Labute approximate surface area is 202 Å². The Kier molecular flexibility index (Phi) is 6.28. The summed E-state index contributed by atoms with van der Waals surface area (Å²) in [6.07, 6.45) is 4.02. The number of hydrogen-bond donors (Lipinski definition) is 0. The number of rotatable bonds is 6. The van der Waals surface area contributed by atoms with Crippen molar-refractivity contribution in [2.45, 2.75) is 58.6 Å². The minimum Gasteiger partial charge on any atom is -0.377 e. The molecule has 1 amide bonds. The summed E-state index contributed by atoms with van der Waals surface area (Å²) in [5.41, 5.74) is 4.46. The predicted molar refractivity (Wildman–Crippen MR) is 135 cm³/mol. The molecular formula is C25H27IN4O2. The molecule has 0 aliphatic heterocycles. The van der Waals surface area contributed by atoms with Gasteiger partial charge in [-0.25, -0.2) is 4.98 Å². The van der Waals surface area contributed by atoms with E-state index in [0.717, 1.165) is 35.1 Å². The number of pyridine rings is 1. The molecule has 0 atom stereocenters. The largest absolute Gasteiger partial charge is 0.377 e. The quantitative estimate of drug-likeness (QED) is 0.312. The van der Waals surface area contributed by atoms with Crippen molar-refractivity contribution >= 4 is 51.0 Å². The molecule has 0 unspecified atom stereocenters. The van der Waals surface area contributed by atoms with E-state index in [0.29, 0.717) is 18.3 Å². The molecule has 1 aromatic carbocycles. The van der Waals surface area contributed by atoms with E-state index in [4.69, 9.17) is 9.72 Å². The second-order valence-electron chi connectivity index (χ2n) is 8.79. The Morgan fingerprint density at radius 3 is 2.75 bits per heavy atom. The number of aryl methyl sites for hydroxylation is 1. The highest BCUT2D eigenvalue weighted by Crippen LogP contribution is 2.46. The summed E-state index contributed by atoms with van der Waals surface area (Å²) in [7, 11) is 1.70. The summed E-state index contributed by atoms with van der Waals surface area (Å²) in [5.74, 6) is 6.21. The topological polar surface area (TPSA) is 60.2 Å². The van der Waals surface area contributed by atoms with E-state index in [2.05, 4.69) is 58.6 Å². The number of amides is 1. The Morgan fingerprint density at radius 1 is 1.34 bits per heavy atom. The highest BCUT2D eigenvalue weighted by atomic mass is 127. The monoisotopic (exact) mass is 542 g/mol. The Morgan fingerprint density at radius 2 is 2.09 bits per heavy atom. The third kappa shape index (κ3) is 4.52. The molecule has 3 aromatic rings. The van der Waals surface area contributed by atoms with E-state index >= 15 is 0 Å². The Hall–Kier alpha value is -2.44. The molecule has 2 heterocycles. The molecule has 4 rings (SSSR count). The van der Waals surface area contributed by atoms with E-state index < -0.39 is 0 Å². The van der Waals surface area contributed by atoms with E-state index in [1.54, 1.807) is 25.1 Å². The molecule has 166 valence electrons. The standard InChI is InChI=1S/C25H27IN4O2/c1-6-7-24(31)30(22-12-16(2)19(26)13-18(22)17-8-9-17)23-11-10-21-20(28-23)14-27-29(21)15-25(3,4)32-5/h10-14,17H,8-9,15H2,1-5H3. The second-order valence-corrected chi connectivity index (χ2v) is 9.95. The van der Waals surface area contributed by atoms with Gasteiger partial charge in [0.1, 0.15) is 11.3 Å². The van der Waals surface area contributed by atoms with Gasteiger partial charge in [0, 0.05) is 10.7 Å². The molecule has 1 saturated carbocycles. The summed E-state index contributed by atoms with van der Waals surface area (Å²) in [5, 5.41) is 4.51. The smallest absolute Gasteiger partial charge is 0.308 e. The average Bonchev–Trinajstić information content (AvgIpc) is 3.53. The van der Waals surface area contributed by atoms with E-state index in [1.807, 2.05) is 30.7 Å². The number of hydrogen-bond acceptors (Lipinski definition) is 4. The van der Waals surface area contributed by atoms with E-state index in [1.165, 1.54) is 9.13 Å². The van der Waals surface area contributed by atoms with Gasteiger partial charge < -0.3 is 4.74 Å². The molecular weight excluding hydrogens is 515 g/mol. The zero-order chi connectivity index (χ0) is 23.0. The highest BCUT2D eigenvalue weighted by molar-refractivity contribution is 14.1. The minimum absolute atomic E-state index is 0.283. The first-order valence-corrected chi connectivity index (χ1v) is 11.8. The van der Waals surface area contributed by atoms with Gasteiger partial charge in [0.05, 0.1) is 29.5 Å². The summed E-state index contributed by atoms with van der Waals surface area (Å²) in [6.45, 7) is 8.37. The Balaban J connectivity index is 1.82. The van der Waals surface area contributed by atoms with Gasteiger partial charge in [-0.1, -0.05) is 5.92 Å². The summed E-state index contributed by atoms with van der Waals surface area (Å²) < 4.78 is 8.64. The van der Waals surface area contributed by atoms with E-state index in [9.17, 15) is 4.79 Å². The van der Waals surface area contributed by atoms with Gasteiger partial charge in [-0.3, -0.25) is 14.4 Å². The fourth-order valence-corrected chi connectivity index (χ4v) is 4.22. The third-order valence-corrected chi connectivity index (χ3v) is 6.96. The summed E-state index contributed by atoms with van der Waals surface area (Å²) >= 11 is 2.36. The van der Waals surface area contributed by atoms with Crippen LogP contribution in [-0.2, 0) is 16.1 Å². The summed E-state index contributed by atoms with van der Waals surface area (Å²) in [6, 6.07) is 8.12. The summed E-state index contributed by atoms with van der Waals surface area (Å²) in [4.78, 5) is 19.6. The van der Waals surface area contributed by atoms with Crippen LogP contribution >= 0.6 is 22.6 Å². The average molecular weight is 542 g/mol. The number of carbonyl (C=O) groups excluding carboxylic acids is 1. The molecule has 7 heteroatoms. The van der Waals surface area contributed by atoms with Crippen molar-refractivity contribution < 1.29 is 9.53 Å². The lowest BCUT2D eigenvalue weighted by Gasteiger charge is -2.24. The van der Waals surface area contributed by atoms with Crippen LogP contribution in [0.25, 0.3) is 11.0 Å². The number of methoxy groups -OCH3 is 1. The third-order valence-electron chi connectivity index (χ3n) is 5.80. The first-order chi connectivity index (χ1) is 15.2. The molecule has 0 saturated heterocycles. The minimum atomic E-state index is -0.353. The molecule has 32 heavy (non-hydrogen) atoms. The number of carbonyl (C=O) groups is 1. The highest BCUT2D eigenvalue weighted by Gasteiger charge is 2.31. The van der Waals surface area contributed by atoms with Crippen molar-refractivity contribution in [2.75, 3.05) is 12.0 Å². The molecule has 0 spiro atoms. The predicted octanol–water partition coefficient (Wildman–Crippen LogP) is 5.33. The molecule has 1 aliphatic carbocycles. The lowest BCUT2D eigenvalue weighted by Crippen LogP contribution is -2.29. The molecule has 0 N–H and O–H groups in total. The van der Waals surface area contributed by atoms with Gasteiger partial charge >= 0.3 is 5.91 Å². The number of nitrogens with zero attached hydrogens (tertiary/aromatic N) is 4. The molecule has 0 bridgehead atoms. The van der Waals surface area contributed by atoms with Crippen LogP contribution in [0.1, 0.15) is 50.7 Å². The van der Waals surface area contributed by atoms with Crippen molar-refractivity contribution in [3.8, 4) is 11.8 Å². The van der Waals surface area contributed by atoms with Crippen molar-refractivity contribution in [1.29, 1.82) is 0 Å². The van der Waals surface area contributed by atoms with Crippen molar-refractivity contribution in [2.24, 2.45) is 0 Å². The fraction of sp³-hybridized carbons (Fsp3) is 0.400. The van der Waals surface area contributed by atoms with Gasteiger partial charge in [0.2, 0.25) is 0 Å². The number of aromatic nitrogens is 3. The number of fused-ring (bicyclic) bond motifs is 1. The molecule has 1 fully saturated rings. The molecule has 0 radical (unpaired) electrons. The second kappa shape index (κ2) is 8.83. The van der Waals surface area contributed by atoms with Gasteiger partial charge in [-0.05, 0) is 110 Å². The van der Waals surface area contributed by atoms with Crippen LogP contribution in [0.15, 0.2) is 30.5 Å². The fourth-order valence-electron chi connectivity index (χ4n) is 3.73. The Bertz CT molecular complexity index is 1250. The van der Waals surface area contributed by atoms with Gasteiger partial charge in [0.15, 0.2) is 0 Å². The van der Waals surface area contributed by atoms with Gasteiger partial charge in [0.25, 0.3) is 0 Å². The zero-order valence-electron chi connectivity index (χ0n) is 19.1. The van der Waals surface area contributed by atoms with Crippen LogP contribution in [-0.4, -0.2) is 33.4 Å². The molecule has 2 aromatic heterocycles. The van der Waals surface area contributed by atoms with Crippen LogP contribution in [0.5, 0.6) is 0 Å². The van der Waals surface area contributed by atoms with Gasteiger partial charge in [-0.15, -0.1) is 0 Å². The zero-order valence-corrected chi connectivity index (χ0v) is 21.2. The maximum atomic E-state index is 13.2. The van der Waals surface area contributed by atoms with Crippen LogP contribution in [0.4, 0.5) is 11.5 Å². The normalized spacial score (nSPS) is 13.7. The van der Waals surface area contributed by atoms with Gasteiger partial charge in [-0.2, -0.15) is 5.10 Å². The lowest BCUT2D eigenvalue weighted by molar-refractivity contribution is -0.112. The van der Waals surface area contributed by atoms with E-state index in [-0.39, 0.29) is 11.5 Å². The van der Waals surface area contributed by atoms with Crippen molar-refractivity contribution in [3.63, 3.8) is 0 Å². The maximum absolute atomic E-state index is 13.2. The molecule has 6 nitrogen and oxygen atoms in total. The first kappa shape index (κ1) is 22.7. The van der Waals surface area contributed by atoms with Crippen LogP contribution in [0.2, 0.25) is 0 Å².